The van der Waals surface area contributed by atoms with E-state index in [0.717, 1.165) is 29.6 Å². The number of aromatic nitrogens is 2. The lowest BCUT2D eigenvalue weighted by atomic mass is 9.98. The average molecular weight is 280 g/mol. The van der Waals surface area contributed by atoms with Crippen LogP contribution in [0.15, 0.2) is 0 Å². The Morgan fingerprint density at radius 2 is 2.00 bits per heavy atom. The summed E-state index contributed by atoms with van der Waals surface area (Å²) in [5.74, 6) is 1.42. The van der Waals surface area contributed by atoms with Crippen LogP contribution in [0.25, 0.3) is 0 Å². The van der Waals surface area contributed by atoms with Crippen LogP contribution in [0.2, 0.25) is 0 Å². The third-order valence-electron chi connectivity index (χ3n) is 4.42. The van der Waals surface area contributed by atoms with Gasteiger partial charge >= 0.3 is 0 Å². The standard InChI is InChI=1S/C14H24N4S/c1-4-18(14-16-13(9(2)3)17-19-14)12-7-10-5-6-11(8-12)15-10/h9-12,15H,4-8H2,1-3H3. The van der Waals surface area contributed by atoms with Crippen LogP contribution < -0.4 is 10.2 Å². The van der Waals surface area contributed by atoms with Crippen molar-refractivity contribution in [1.82, 2.24) is 14.7 Å². The van der Waals surface area contributed by atoms with Crippen molar-refractivity contribution in [2.45, 2.75) is 70.5 Å². The Morgan fingerprint density at radius 1 is 1.32 bits per heavy atom. The van der Waals surface area contributed by atoms with E-state index in [9.17, 15) is 0 Å². The summed E-state index contributed by atoms with van der Waals surface area (Å²) in [6, 6.07) is 2.11. The summed E-state index contributed by atoms with van der Waals surface area (Å²) in [7, 11) is 0. The first-order valence-electron chi connectivity index (χ1n) is 7.53. The largest absolute Gasteiger partial charge is 0.344 e. The molecule has 0 radical (unpaired) electrons. The predicted molar refractivity (Wildman–Crippen MR) is 80.0 cm³/mol. The van der Waals surface area contributed by atoms with Crippen molar-refractivity contribution in [2.24, 2.45) is 0 Å². The highest BCUT2D eigenvalue weighted by Crippen LogP contribution is 2.33. The zero-order valence-electron chi connectivity index (χ0n) is 12.1. The van der Waals surface area contributed by atoms with Gasteiger partial charge in [0.15, 0.2) is 0 Å². The first-order chi connectivity index (χ1) is 9.17. The Kier molecular flexibility index (Phi) is 3.76. The molecule has 1 aromatic heterocycles. The van der Waals surface area contributed by atoms with Crippen LogP contribution in [0.1, 0.15) is 58.2 Å². The minimum Gasteiger partial charge on any atom is -0.344 e. The van der Waals surface area contributed by atoms with E-state index in [4.69, 9.17) is 4.98 Å². The fraction of sp³-hybridized carbons (Fsp3) is 0.857. The molecule has 0 amide bonds. The monoisotopic (exact) mass is 280 g/mol. The number of hydrogen-bond acceptors (Lipinski definition) is 5. The minimum atomic E-state index is 0.424. The molecule has 2 atom stereocenters. The SMILES string of the molecule is CCN(c1nc(C(C)C)ns1)C1CC2CCC(C1)N2. The van der Waals surface area contributed by atoms with Gasteiger partial charge in [0, 0.05) is 42.1 Å². The number of anilines is 1. The Labute approximate surface area is 119 Å². The molecule has 0 aromatic carbocycles. The predicted octanol–water partition coefficient (Wildman–Crippen LogP) is 2.77. The molecule has 1 N–H and O–H groups in total. The van der Waals surface area contributed by atoms with Crippen LogP contribution in [0.3, 0.4) is 0 Å². The molecule has 0 saturated carbocycles. The second kappa shape index (κ2) is 5.37. The zero-order valence-corrected chi connectivity index (χ0v) is 12.9. The lowest BCUT2D eigenvalue weighted by molar-refractivity contribution is 0.349. The van der Waals surface area contributed by atoms with E-state index in [1.54, 1.807) is 11.5 Å². The summed E-state index contributed by atoms with van der Waals surface area (Å²) in [6.45, 7) is 7.59. The van der Waals surface area contributed by atoms with E-state index < -0.39 is 0 Å². The zero-order chi connectivity index (χ0) is 13.4. The van der Waals surface area contributed by atoms with Crippen LogP contribution in [-0.4, -0.2) is 34.0 Å². The van der Waals surface area contributed by atoms with Crippen LogP contribution in [0.5, 0.6) is 0 Å². The van der Waals surface area contributed by atoms with Gasteiger partial charge < -0.3 is 10.2 Å². The molecular formula is C14H24N4S. The Bertz CT molecular complexity index is 419. The number of piperidine rings is 1. The molecule has 2 unspecified atom stereocenters. The summed E-state index contributed by atoms with van der Waals surface area (Å²) < 4.78 is 4.51. The van der Waals surface area contributed by atoms with Crippen molar-refractivity contribution in [2.75, 3.05) is 11.4 Å². The molecule has 106 valence electrons. The smallest absolute Gasteiger partial charge is 0.205 e. The molecule has 2 saturated heterocycles. The maximum atomic E-state index is 4.74. The molecule has 0 spiro atoms. The second-order valence-electron chi connectivity index (χ2n) is 6.14. The van der Waals surface area contributed by atoms with Crippen molar-refractivity contribution in [3.8, 4) is 0 Å². The van der Waals surface area contributed by atoms with Crippen molar-refractivity contribution in [1.29, 1.82) is 0 Å². The highest BCUT2D eigenvalue weighted by Gasteiger charge is 2.36. The van der Waals surface area contributed by atoms with Crippen molar-refractivity contribution in [3.63, 3.8) is 0 Å². The van der Waals surface area contributed by atoms with Gasteiger partial charge in [-0.05, 0) is 32.6 Å². The van der Waals surface area contributed by atoms with Gasteiger partial charge in [-0.15, -0.1) is 0 Å². The molecule has 3 rings (SSSR count). The van der Waals surface area contributed by atoms with Crippen LogP contribution >= 0.6 is 11.5 Å². The number of nitrogens with one attached hydrogen (secondary N) is 1. The number of fused-ring (bicyclic) bond motifs is 2. The minimum absolute atomic E-state index is 0.424. The van der Waals surface area contributed by atoms with Gasteiger partial charge in [0.2, 0.25) is 5.13 Å². The van der Waals surface area contributed by atoms with E-state index in [1.165, 1.54) is 25.7 Å². The Morgan fingerprint density at radius 3 is 2.53 bits per heavy atom. The molecule has 5 heteroatoms. The molecule has 1 aromatic rings. The molecular weight excluding hydrogens is 256 g/mol. The topological polar surface area (TPSA) is 41.1 Å². The fourth-order valence-electron chi connectivity index (χ4n) is 3.41. The number of nitrogens with zero attached hydrogens (tertiary/aromatic N) is 3. The molecule has 0 aliphatic carbocycles. The molecule has 2 aliphatic heterocycles. The normalized spacial score (nSPS) is 30.0. The third-order valence-corrected chi connectivity index (χ3v) is 5.19. The van der Waals surface area contributed by atoms with Crippen molar-refractivity contribution < 1.29 is 0 Å². The van der Waals surface area contributed by atoms with E-state index in [1.807, 2.05) is 0 Å². The van der Waals surface area contributed by atoms with Crippen LogP contribution in [0, 0.1) is 0 Å². The average Bonchev–Trinajstić information content (AvgIpc) is 2.98. The summed E-state index contributed by atoms with van der Waals surface area (Å²) in [6.07, 6.45) is 5.24. The molecule has 2 bridgehead atoms. The second-order valence-corrected chi connectivity index (χ2v) is 6.87. The Hall–Kier alpha value is -0.680. The van der Waals surface area contributed by atoms with Gasteiger partial charge in [-0.1, -0.05) is 13.8 Å². The fourth-order valence-corrected chi connectivity index (χ4v) is 4.35. The van der Waals surface area contributed by atoms with Gasteiger partial charge in [-0.3, -0.25) is 0 Å². The van der Waals surface area contributed by atoms with Gasteiger partial charge in [0.1, 0.15) is 5.82 Å². The first-order valence-corrected chi connectivity index (χ1v) is 8.31. The van der Waals surface area contributed by atoms with Gasteiger partial charge in [0.25, 0.3) is 0 Å². The summed E-state index contributed by atoms with van der Waals surface area (Å²) in [5, 5.41) is 4.84. The lowest BCUT2D eigenvalue weighted by Gasteiger charge is -2.36. The summed E-state index contributed by atoms with van der Waals surface area (Å²) in [5.41, 5.74) is 0. The van der Waals surface area contributed by atoms with E-state index in [0.29, 0.717) is 12.0 Å². The third kappa shape index (κ3) is 2.63. The molecule has 2 fully saturated rings. The first kappa shape index (κ1) is 13.3. The van der Waals surface area contributed by atoms with Gasteiger partial charge in [0.05, 0.1) is 0 Å². The van der Waals surface area contributed by atoms with Crippen LogP contribution in [0.4, 0.5) is 5.13 Å². The summed E-state index contributed by atoms with van der Waals surface area (Å²) in [4.78, 5) is 7.22. The van der Waals surface area contributed by atoms with Gasteiger partial charge in [-0.25, -0.2) is 4.98 Å². The molecule has 3 heterocycles. The molecule has 19 heavy (non-hydrogen) atoms. The van der Waals surface area contributed by atoms with E-state index >= 15 is 0 Å². The molecule has 2 aliphatic rings. The quantitative estimate of drug-likeness (QED) is 0.921. The van der Waals surface area contributed by atoms with Crippen molar-refractivity contribution >= 4 is 16.7 Å². The number of hydrogen-bond donors (Lipinski definition) is 1. The van der Waals surface area contributed by atoms with Gasteiger partial charge in [-0.2, -0.15) is 4.37 Å². The van der Waals surface area contributed by atoms with E-state index in [-0.39, 0.29) is 0 Å². The maximum Gasteiger partial charge on any atom is 0.205 e. The number of rotatable bonds is 4. The maximum absolute atomic E-state index is 4.74. The van der Waals surface area contributed by atoms with E-state index in [2.05, 4.69) is 35.4 Å². The Balaban J connectivity index is 1.76. The lowest BCUT2D eigenvalue weighted by Crippen LogP contribution is -2.48. The highest BCUT2D eigenvalue weighted by atomic mass is 32.1. The van der Waals surface area contributed by atoms with Crippen LogP contribution in [-0.2, 0) is 0 Å². The van der Waals surface area contributed by atoms with Crippen molar-refractivity contribution in [3.05, 3.63) is 5.82 Å². The highest BCUT2D eigenvalue weighted by molar-refractivity contribution is 7.09. The summed E-state index contributed by atoms with van der Waals surface area (Å²) >= 11 is 1.57. The molecule has 4 nitrogen and oxygen atoms in total.